The molecule has 0 aliphatic heterocycles. The first-order chi connectivity index (χ1) is 13.1. The standard InChI is InChI=1S/C21H31N5O/c1-4-27-19-7-5-6-16(14-19)15-23-17-8-10-18(11-9-17)24-21-22-13-12-20(25-21)26(2)3/h5-7,12-14,17-18,23H,4,8-11,15H2,1-3H3,(H,22,24,25)/t17-,18+. The summed E-state index contributed by atoms with van der Waals surface area (Å²) >= 11 is 0. The van der Waals surface area contributed by atoms with Crippen LogP contribution in [0.5, 0.6) is 5.75 Å². The number of anilines is 2. The molecule has 0 unspecified atom stereocenters. The van der Waals surface area contributed by atoms with Crippen molar-refractivity contribution in [2.75, 3.05) is 30.9 Å². The van der Waals surface area contributed by atoms with Crippen LogP contribution < -0.4 is 20.3 Å². The van der Waals surface area contributed by atoms with Gasteiger partial charge in [0.1, 0.15) is 11.6 Å². The first kappa shape index (κ1) is 19.4. The lowest BCUT2D eigenvalue weighted by Gasteiger charge is -2.30. The molecule has 0 spiro atoms. The molecule has 0 atom stereocenters. The highest BCUT2D eigenvalue weighted by Crippen LogP contribution is 2.22. The highest BCUT2D eigenvalue weighted by molar-refractivity contribution is 5.41. The molecule has 1 saturated carbocycles. The maximum Gasteiger partial charge on any atom is 0.224 e. The summed E-state index contributed by atoms with van der Waals surface area (Å²) in [5, 5.41) is 7.19. The van der Waals surface area contributed by atoms with Crippen LogP contribution in [0.4, 0.5) is 11.8 Å². The topological polar surface area (TPSA) is 62.3 Å². The fraction of sp³-hybridized carbons (Fsp3) is 0.524. The Kier molecular flexibility index (Phi) is 6.87. The van der Waals surface area contributed by atoms with Gasteiger partial charge in [0.05, 0.1) is 6.61 Å². The van der Waals surface area contributed by atoms with Crippen molar-refractivity contribution in [2.45, 2.75) is 51.2 Å². The van der Waals surface area contributed by atoms with E-state index in [0.29, 0.717) is 18.7 Å². The monoisotopic (exact) mass is 369 g/mol. The number of aromatic nitrogens is 2. The Morgan fingerprint density at radius 3 is 2.63 bits per heavy atom. The van der Waals surface area contributed by atoms with Gasteiger partial charge in [-0.15, -0.1) is 0 Å². The molecule has 6 heteroatoms. The number of benzene rings is 1. The Balaban J connectivity index is 1.44. The Morgan fingerprint density at radius 2 is 1.89 bits per heavy atom. The molecule has 0 bridgehead atoms. The van der Waals surface area contributed by atoms with E-state index in [2.05, 4.69) is 38.8 Å². The van der Waals surface area contributed by atoms with E-state index < -0.39 is 0 Å². The third-order valence-corrected chi connectivity index (χ3v) is 4.96. The van der Waals surface area contributed by atoms with Crippen LogP contribution in [0.15, 0.2) is 36.5 Å². The van der Waals surface area contributed by atoms with Gasteiger partial charge in [-0.2, -0.15) is 4.98 Å². The van der Waals surface area contributed by atoms with Crippen LogP contribution in [0.2, 0.25) is 0 Å². The Hall–Kier alpha value is -2.34. The Morgan fingerprint density at radius 1 is 1.11 bits per heavy atom. The van der Waals surface area contributed by atoms with Gasteiger partial charge in [0, 0.05) is 38.9 Å². The van der Waals surface area contributed by atoms with Gasteiger partial charge >= 0.3 is 0 Å². The summed E-state index contributed by atoms with van der Waals surface area (Å²) in [6.07, 6.45) is 6.40. The molecule has 2 aromatic rings. The maximum atomic E-state index is 5.58. The van der Waals surface area contributed by atoms with Crippen LogP contribution in [0, 0.1) is 0 Å². The van der Waals surface area contributed by atoms with Crippen molar-refractivity contribution >= 4 is 11.8 Å². The number of nitrogens with zero attached hydrogens (tertiary/aromatic N) is 3. The van der Waals surface area contributed by atoms with Crippen LogP contribution >= 0.6 is 0 Å². The van der Waals surface area contributed by atoms with Gasteiger partial charge in [0.2, 0.25) is 5.95 Å². The van der Waals surface area contributed by atoms with Gasteiger partial charge < -0.3 is 20.3 Å². The third kappa shape index (κ3) is 5.82. The fourth-order valence-corrected chi connectivity index (χ4v) is 3.47. The quantitative estimate of drug-likeness (QED) is 0.743. The molecule has 0 saturated heterocycles. The van der Waals surface area contributed by atoms with Crippen LogP contribution in [-0.2, 0) is 6.54 Å². The number of hydrogen-bond donors (Lipinski definition) is 2. The third-order valence-electron chi connectivity index (χ3n) is 4.96. The summed E-state index contributed by atoms with van der Waals surface area (Å²) in [5.74, 6) is 2.60. The number of rotatable bonds is 8. The van der Waals surface area contributed by atoms with E-state index >= 15 is 0 Å². The molecule has 1 aliphatic carbocycles. The first-order valence-corrected chi connectivity index (χ1v) is 9.86. The first-order valence-electron chi connectivity index (χ1n) is 9.86. The van der Waals surface area contributed by atoms with Crippen molar-refractivity contribution in [3.63, 3.8) is 0 Å². The van der Waals surface area contributed by atoms with E-state index in [4.69, 9.17) is 4.74 Å². The van der Waals surface area contributed by atoms with Crippen molar-refractivity contribution in [3.05, 3.63) is 42.1 Å². The van der Waals surface area contributed by atoms with Gasteiger partial charge in [0.25, 0.3) is 0 Å². The summed E-state index contributed by atoms with van der Waals surface area (Å²) in [7, 11) is 3.99. The fourth-order valence-electron chi connectivity index (χ4n) is 3.47. The molecule has 1 heterocycles. The lowest BCUT2D eigenvalue weighted by atomic mass is 9.91. The summed E-state index contributed by atoms with van der Waals surface area (Å²) in [4.78, 5) is 10.9. The van der Waals surface area contributed by atoms with Crippen molar-refractivity contribution in [1.29, 1.82) is 0 Å². The van der Waals surface area contributed by atoms with Crippen molar-refractivity contribution in [2.24, 2.45) is 0 Å². The molecule has 0 amide bonds. The van der Waals surface area contributed by atoms with Crippen LogP contribution in [-0.4, -0.2) is 42.8 Å². The molecule has 6 nitrogen and oxygen atoms in total. The molecule has 1 aromatic carbocycles. The summed E-state index contributed by atoms with van der Waals surface area (Å²) in [6.45, 7) is 3.60. The molecule has 27 heavy (non-hydrogen) atoms. The summed E-state index contributed by atoms with van der Waals surface area (Å²) in [5.41, 5.74) is 1.27. The molecule has 146 valence electrons. The zero-order valence-electron chi connectivity index (χ0n) is 16.6. The zero-order chi connectivity index (χ0) is 19.1. The van der Waals surface area contributed by atoms with E-state index in [9.17, 15) is 0 Å². The number of nitrogens with one attached hydrogen (secondary N) is 2. The lowest BCUT2D eigenvalue weighted by Crippen LogP contribution is -2.36. The lowest BCUT2D eigenvalue weighted by molar-refractivity contribution is 0.338. The minimum atomic E-state index is 0.446. The van der Waals surface area contributed by atoms with Gasteiger partial charge in [-0.1, -0.05) is 12.1 Å². The van der Waals surface area contributed by atoms with Crippen LogP contribution in [0.25, 0.3) is 0 Å². The molecule has 0 radical (unpaired) electrons. The largest absolute Gasteiger partial charge is 0.494 e. The van der Waals surface area contributed by atoms with Gasteiger partial charge in [-0.25, -0.2) is 4.98 Å². The van der Waals surface area contributed by atoms with E-state index in [1.807, 2.05) is 44.2 Å². The minimum Gasteiger partial charge on any atom is -0.494 e. The number of hydrogen-bond acceptors (Lipinski definition) is 6. The predicted molar refractivity (Wildman–Crippen MR) is 110 cm³/mol. The number of ether oxygens (including phenoxy) is 1. The predicted octanol–water partition coefficient (Wildman–Crippen LogP) is 3.45. The Bertz CT molecular complexity index is 713. The van der Waals surface area contributed by atoms with Crippen LogP contribution in [0.3, 0.4) is 0 Å². The van der Waals surface area contributed by atoms with Crippen LogP contribution in [0.1, 0.15) is 38.2 Å². The van der Waals surface area contributed by atoms with Crippen molar-refractivity contribution in [1.82, 2.24) is 15.3 Å². The molecular formula is C21H31N5O. The summed E-state index contributed by atoms with van der Waals surface area (Å²) in [6, 6.07) is 11.3. The molecule has 3 rings (SSSR count). The molecule has 1 aromatic heterocycles. The minimum absolute atomic E-state index is 0.446. The normalized spacial score (nSPS) is 19.5. The van der Waals surface area contributed by atoms with Gasteiger partial charge in [0.15, 0.2) is 0 Å². The molecule has 2 N–H and O–H groups in total. The zero-order valence-corrected chi connectivity index (χ0v) is 16.6. The van der Waals surface area contributed by atoms with Gasteiger partial charge in [-0.05, 0) is 56.4 Å². The highest BCUT2D eigenvalue weighted by Gasteiger charge is 2.21. The Labute approximate surface area is 162 Å². The average Bonchev–Trinajstić information content (AvgIpc) is 2.68. The van der Waals surface area contributed by atoms with Crippen molar-refractivity contribution in [3.8, 4) is 5.75 Å². The molecule has 1 fully saturated rings. The van der Waals surface area contributed by atoms with E-state index in [-0.39, 0.29) is 0 Å². The smallest absolute Gasteiger partial charge is 0.224 e. The van der Waals surface area contributed by atoms with E-state index in [1.54, 1.807) is 0 Å². The van der Waals surface area contributed by atoms with Gasteiger partial charge in [-0.3, -0.25) is 0 Å². The average molecular weight is 370 g/mol. The van der Waals surface area contributed by atoms with Crippen molar-refractivity contribution < 1.29 is 4.74 Å². The molecule has 1 aliphatic rings. The second kappa shape index (κ2) is 9.55. The molecular weight excluding hydrogens is 338 g/mol. The van der Waals surface area contributed by atoms with E-state index in [0.717, 1.165) is 49.7 Å². The highest BCUT2D eigenvalue weighted by atomic mass is 16.5. The second-order valence-electron chi connectivity index (χ2n) is 7.29. The second-order valence-corrected chi connectivity index (χ2v) is 7.29. The van der Waals surface area contributed by atoms with E-state index in [1.165, 1.54) is 5.56 Å². The maximum absolute atomic E-state index is 5.58. The summed E-state index contributed by atoms with van der Waals surface area (Å²) < 4.78 is 5.58. The SMILES string of the molecule is CCOc1cccc(CN[C@H]2CC[C@@H](Nc3nccc(N(C)C)n3)CC2)c1.